The van der Waals surface area contributed by atoms with Crippen LogP contribution >= 0.6 is 0 Å². The molecule has 4 rings (SSSR count). The van der Waals surface area contributed by atoms with Gasteiger partial charge in [0, 0.05) is 32.6 Å². The minimum atomic E-state index is -0.397. The first-order chi connectivity index (χ1) is 14.1. The molecule has 29 heavy (non-hydrogen) atoms. The van der Waals surface area contributed by atoms with E-state index >= 15 is 0 Å². The van der Waals surface area contributed by atoms with Gasteiger partial charge in [-0.2, -0.15) is 0 Å². The number of ether oxygens (including phenoxy) is 2. The van der Waals surface area contributed by atoms with Crippen molar-refractivity contribution in [3.63, 3.8) is 0 Å². The Labute approximate surface area is 169 Å². The van der Waals surface area contributed by atoms with Crippen LogP contribution in [-0.4, -0.2) is 53.2 Å². The number of hydrogen-bond donors (Lipinski definition) is 1. The highest BCUT2D eigenvalue weighted by molar-refractivity contribution is 5.89. The van der Waals surface area contributed by atoms with Crippen LogP contribution in [0.4, 0.5) is 0 Å². The topological polar surface area (TPSA) is 79.3 Å². The van der Waals surface area contributed by atoms with Gasteiger partial charge >= 0.3 is 0 Å². The molecule has 7 nitrogen and oxygen atoms in total. The molecule has 2 aromatic rings. The Bertz CT molecular complexity index is 886. The molecule has 1 saturated heterocycles. The molecule has 0 radical (unpaired) electrons. The first-order valence-electron chi connectivity index (χ1n) is 9.74. The number of likely N-dealkylation sites (tertiary alicyclic amines) is 1. The van der Waals surface area contributed by atoms with Gasteiger partial charge in [-0.05, 0) is 23.3 Å². The molecular weight excluding hydrogens is 372 g/mol. The van der Waals surface area contributed by atoms with Gasteiger partial charge in [0.15, 0.2) is 11.5 Å². The smallest absolute Gasteiger partial charge is 0.231 e. The SMILES string of the molecule is O=C1CC(C(=O)N(CCO)Cc2ccccc2)CN1Cc1ccc2c(c1)OCO2. The molecule has 0 aliphatic carbocycles. The number of benzene rings is 2. The van der Waals surface area contributed by atoms with E-state index < -0.39 is 5.92 Å². The Morgan fingerprint density at radius 2 is 1.90 bits per heavy atom. The van der Waals surface area contributed by atoms with Gasteiger partial charge in [0.25, 0.3) is 0 Å². The fourth-order valence-corrected chi connectivity index (χ4v) is 3.80. The molecule has 1 unspecified atom stereocenters. The van der Waals surface area contributed by atoms with Crippen LogP contribution in [0, 0.1) is 5.92 Å². The van der Waals surface area contributed by atoms with Gasteiger partial charge in [0.2, 0.25) is 18.6 Å². The van der Waals surface area contributed by atoms with Crippen molar-refractivity contribution in [2.24, 2.45) is 5.92 Å². The molecule has 2 aromatic carbocycles. The van der Waals surface area contributed by atoms with Crippen LogP contribution in [0.25, 0.3) is 0 Å². The summed E-state index contributed by atoms with van der Waals surface area (Å²) in [6.07, 6.45) is 0.195. The van der Waals surface area contributed by atoms with Crippen LogP contribution in [0.5, 0.6) is 11.5 Å². The zero-order chi connectivity index (χ0) is 20.2. The average molecular weight is 396 g/mol. The summed E-state index contributed by atoms with van der Waals surface area (Å²) in [5.41, 5.74) is 1.93. The summed E-state index contributed by atoms with van der Waals surface area (Å²) in [6, 6.07) is 15.3. The minimum absolute atomic E-state index is 0.0373. The fourth-order valence-electron chi connectivity index (χ4n) is 3.80. The summed E-state index contributed by atoms with van der Waals surface area (Å²) in [5, 5.41) is 9.39. The standard InChI is InChI=1S/C22H24N2O5/c25-9-8-23(12-16-4-2-1-3-5-16)22(27)18-11-21(26)24(14-18)13-17-6-7-19-20(10-17)29-15-28-19/h1-7,10,18,25H,8-9,11-15H2. The van der Waals surface area contributed by atoms with Crippen LogP contribution < -0.4 is 9.47 Å². The maximum Gasteiger partial charge on any atom is 0.231 e. The molecule has 152 valence electrons. The highest BCUT2D eigenvalue weighted by atomic mass is 16.7. The van der Waals surface area contributed by atoms with Crippen molar-refractivity contribution in [1.82, 2.24) is 9.80 Å². The van der Waals surface area contributed by atoms with Crippen LogP contribution in [0.1, 0.15) is 17.5 Å². The zero-order valence-electron chi connectivity index (χ0n) is 16.1. The summed E-state index contributed by atoms with van der Waals surface area (Å²) < 4.78 is 10.7. The van der Waals surface area contributed by atoms with E-state index in [4.69, 9.17) is 9.47 Å². The molecule has 2 heterocycles. The molecule has 1 N–H and O–H groups in total. The third-order valence-corrected chi connectivity index (χ3v) is 5.27. The van der Waals surface area contributed by atoms with Gasteiger partial charge in [-0.3, -0.25) is 9.59 Å². The third kappa shape index (κ3) is 4.35. The van der Waals surface area contributed by atoms with E-state index in [1.54, 1.807) is 9.80 Å². The highest BCUT2D eigenvalue weighted by Gasteiger charge is 2.36. The molecule has 2 aliphatic rings. The van der Waals surface area contributed by atoms with Gasteiger partial charge in [-0.1, -0.05) is 36.4 Å². The van der Waals surface area contributed by atoms with Gasteiger partial charge in [-0.15, -0.1) is 0 Å². The summed E-state index contributed by atoms with van der Waals surface area (Å²) in [7, 11) is 0. The predicted octanol–water partition coefficient (Wildman–Crippen LogP) is 1.78. The number of hydrogen-bond acceptors (Lipinski definition) is 5. The summed E-state index contributed by atoms with van der Waals surface area (Å²) in [6.45, 7) is 1.58. The maximum atomic E-state index is 13.0. The van der Waals surface area contributed by atoms with E-state index in [0.29, 0.717) is 31.1 Å². The highest BCUT2D eigenvalue weighted by Crippen LogP contribution is 2.33. The molecule has 0 spiro atoms. The molecule has 1 fully saturated rings. The van der Waals surface area contributed by atoms with Crippen molar-refractivity contribution in [2.75, 3.05) is 26.5 Å². The lowest BCUT2D eigenvalue weighted by Gasteiger charge is -2.25. The van der Waals surface area contributed by atoms with Crippen LogP contribution in [0.2, 0.25) is 0 Å². The second-order valence-corrected chi connectivity index (χ2v) is 7.33. The number of aliphatic hydroxyl groups is 1. The Balaban J connectivity index is 1.41. The normalized spacial score (nSPS) is 17.6. The summed E-state index contributed by atoms with van der Waals surface area (Å²) >= 11 is 0. The predicted molar refractivity (Wildman–Crippen MR) is 105 cm³/mol. The van der Waals surface area contributed by atoms with Gasteiger partial charge < -0.3 is 24.4 Å². The van der Waals surface area contributed by atoms with Gasteiger partial charge in [0.05, 0.1) is 12.5 Å². The average Bonchev–Trinajstić information content (AvgIpc) is 3.34. The minimum Gasteiger partial charge on any atom is -0.454 e. The number of nitrogens with zero attached hydrogens (tertiary/aromatic N) is 2. The zero-order valence-corrected chi connectivity index (χ0v) is 16.1. The number of rotatable bonds is 7. The van der Waals surface area contributed by atoms with Crippen molar-refractivity contribution in [3.8, 4) is 11.5 Å². The lowest BCUT2D eigenvalue weighted by atomic mass is 10.1. The molecule has 1 atom stereocenters. The lowest BCUT2D eigenvalue weighted by Crippen LogP contribution is -2.38. The van der Waals surface area contributed by atoms with Crippen molar-refractivity contribution < 1.29 is 24.2 Å². The molecular formula is C22H24N2O5. The fraction of sp³-hybridized carbons (Fsp3) is 0.364. The number of aliphatic hydroxyl groups excluding tert-OH is 1. The largest absolute Gasteiger partial charge is 0.454 e. The molecule has 2 amide bonds. The number of amides is 2. The number of carbonyl (C=O) groups is 2. The van der Waals surface area contributed by atoms with Crippen molar-refractivity contribution in [3.05, 3.63) is 59.7 Å². The summed E-state index contributed by atoms with van der Waals surface area (Å²) in [4.78, 5) is 28.9. The van der Waals surface area contributed by atoms with Gasteiger partial charge in [0.1, 0.15) is 0 Å². The monoisotopic (exact) mass is 396 g/mol. The second-order valence-electron chi connectivity index (χ2n) is 7.33. The molecule has 0 aromatic heterocycles. The Hall–Kier alpha value is -3.06. The van der Waals surface area contributed by atoms with E-state index in [0.717, 1.165) is 11.1 Å². The van der Waals surface area contributed by atoms with E-state index in [1.165, 1.54) is 0 Å². The van der Waals surface area contributed by atoms with Crippen molar-refractivity contribution >= 4 is 11.8 Å². The molecule has 7 heteroatoms. The number of carbonyl (C=O) groups excluding carboxylic acids is 2. The molecule has 0 saturated carbocycles. The first kappa shape index (κ1) is 19.3. The van der Waals surface area contributed by atoms with Crippen LogP contribution in [-0.2, 0) is 22.7 Å². The Kier molecular flexibility index (Phi) is 5.67. The van der Waals surface area contributed by atoms with Gasteiger partial charge in [-0.25, -0.2) is 0 Å². The molecule has 2 aliphatic heterocycles. The lowest BCUT2D eigenvalue weighted by molar-refractivity contribution is -0.137. The first-order valence-corrected chi connectivity index (χ1v) is 9.74. The Morgan fingerprint density at radius 1 is 1.10 bits per heavy atom. The Morgan fingerprint density at radius 3 is 2.69 bits per heavy atom. The van der Waals surface area contributed by atoms with Crippen molar-refractivity contribution in [2.45, 2.75) is 19.5 Å². The van der Waals surface area contributed by atoms with E-state index in [2.05, 4.69) is 0 Å². The van der Waals surface area contributed by atoms with Crippen molar-refractivity contribution in [1.29, 1.82) is 0 Å². The second kappa shape index (κ2) is 8.53. The van der Waals surface area contributed by atoms with E-state index in [9.17, 15) is 14.7 Å². The van der Waals surface area contributed by atoms with E-state index in [-0.39, 0.29) is 38.2 Å². The third-order valence-electron chi connectivity index (χ3n) is 5.27. The molecule has 0 bridgehead atoms. The van der Waals surface area contributed by atoms with Crippen LogP contribution in [0.15, 0.2) is 48.5 Å². The van der Waals surface area contributed by atoms with E-state index in [1.807, 2.05) is 48.5 Å². The summed E-state index contributed by atoms with van der Waals surface area (Å²) in [5.74, 6) is 0.856. The quantitative estimate of drug-likeness (QED) is 0.772. The van der Waals surface area contributed by atoms with Crippen LogP contribution in [0.3, 0.4) is 0 Å². The maximum absolute atomic E-state index is 13.0. The number of fused-ring (bicyclic) bond motifs is 1.